The Balaban J connectivity index is 1.91. The molecule has 1 unspecified atom stereocenters. The summed E-state index contributed by atoms with van der Waals surface area (Å²) in [5, 5.41) is 19.5. The first kappa shape index (κ1) is 21.1. The van der Waals surface area contributed by atoms with Gasteiger partial charge in [-0.05, 0) is 35.7 Å². The van der Waals surface area contributed by atoms with Gasteiger partial charge >= 0.3 is 0 Å². The monoisotopic (exact) mass is 412 g/mol. The van der Waals surface area contributed by atoms with Crippen molar-refractivity contribution in [1.29, 1.82) is 0 Å². The zero-order valence-corrected chi connectivity index (χ0v) is 17.0. The van der Waals surface area contributed by atoms with Crippen molar-refractivity contribution in [1.82, 2.24) is 9.29 Å². The number of nitrogens with zero attached hydrogens (tertiary/aromatic N) is 2. The first-order chi connectivity index (χ1) is 13.8. The summed E-state index contributed by atoms with van der Waals surface area (Å²) in [7, 11) is -3.76. The number of hydrogen-bond acceptors (Lipinski definition) is 5. The third-order valence-corrected chi connectivity index (χ3v) is 6.49. The molecule has 152 valence electrons. The Kier molecular flexibility index (Phi) is 6.44. The summed E-state index contributed by atoms with van der Waals surface area (Å²) in [6.45, 7) is 1.50. The predicted octanol–water partition coefficient (Wildman–Crippen LogP) is 2.67. The second-order valence-corrected chi connectivity index (χ2v) is 9.01. The van der Waals surface area contributed by atoms with Crippen LogP contribution >= 0.6 is 0 Å². The van der Waals surface area contributed by atoms with Crippen LogP contribution in [0.1, 0.15) is 23.6 Å². The molecule has 2 aromatic carbocycles. The number of benzene rings is 2. The van der Waals surface area contributed by atoms with Crippen LogP contribution in [0.15, 0.2) is 84.0 Å². The van der Waals surface area contributed by atoms with Gasteiger partial charge in [0.2, 0.25) is 10.0 Å². The van der Waals surface area contributed by atoms with Crippen molar-refractivity contribution in [2.75, 3.05) is 6.61 Å². The van der Waals surface area contributed by atoms with E-state index in [1.165, 1.54) is 29.7 Å². The van der Waals surface area contributed by atoms with Crippen LogP contribution in [0.2, 0.25) is 0 Å². The molecule has 0 spiro atoms. The van der Waals surface area contributed by atoms with Crippen molar-refractivity contribution in [3.05, 3.63) is 95.8 Å². The Morgan fingerprint density at radius 3 is 2.10 bits per heavy atom. The van der Waals surface area contributed by atoms with Crippen molar-refractivity contribution in [2.24, 2.45) is 0 Å². The van der Waals surface area contributed by atoms with Gasteiger partial charge in [0.05, 0.1) is 6.61 Å². The van der Waals surface area contributed by atoms with Crippen LogP contribution in [0.3, 0.4) is 0 Å². The highest BCUT2D eigenvalue weighted by atomic mass is 32.2. The Hall–Kier alpha value is -2.58. The van der Waals surface area contributed by atoms with E-state index in [4.69, 9.17) is 0 Å². The number of rotatable bonds is 8. The molecule has 0 saturated carbocycles. The minimum Gasteiger partial charge on any atom is -0.393 e. The first-order valence-corrected chi connectivity index (χ1v) is 10.6. The van der Waals surface area contributed by atoms with E-state index in [9.17, 15) is 18.6 Å². The SMILES string of the molecule is CC(O)(CO)c1ccc(CN(Cc2ccccc2)S(=O)(=O)c2cccnc2)cc1. The second-order valence-electron chi connectivity index (χ2n) is 7.08. The Morgan fingerprint density at radius 1 is 0.931 bits per heavy atom. The quantitative estimate of drug-likeness (QED) is 0.594. The van der Waals surface area contributed by atoms with Crippen LogP contribution in [0.5, 0.6) is 0 Å². The fourth-order valence-corrected chi connectivity index (χ4v) is 4.31. The molecule has 7 heteroatoms. The first-order valence-electron chi connectivity index (χ1n) is 9.20. The van der Waals surface area contributed by atoms with Gasteiger partial charge in [0.25, 0.3) is 0 Å². The lowest BCUT2D eigenvalue weighted by Gasteiger charge is -2.24. The molecule has 0 bridgehead atoms. The largest absolute Gasteiger partial charge is 0.393 e. The predicted molar refractivity (Wildman–Crippen MR) is 110 cm³/mol. The summed E-state index contributed by atoms with van der Waals surface area (Å²) in [6.07, 6.45) is 2.88. The zero-order valence-electron chi connectivity index (χ0n) is 16.1. The molecule has 3 aromatic rings. The molecule has 0 aliphatic heterocycles. The molecule has 0 amide bonds. The van der Waals surface area contributed by atoms with Gasteiger partial charge in [0.15, 0.2) is 0 Å². The zero-order chi connectivity index (χ0) is 20.9. The molecule has 3 rings (SSSR count). The Labute approximate surface area is 171 Å². The number of hydrogen-bond donors (Lipinski definition) is 2. The number of pyridine rings is 1. The molecule has 1 atom stereocenters. The summed E-state index contributed by atoms with van der Waals surface area (Å²) in [6, 6.07) is 19.4. The Bertz CT molecular complexity index is 1020. The second kappa shape index (κ2) is 8.84. The third kappa shape index (κ3) is 5.07. The number of aromatic nitrogens is 1. The van der Waals surface area contributed by atoms with E-state index in [1.807, 2.05) is 30.3 Å². The Morgan fingerprint density at radius 2 is 1.55 bits per heavy atom. The average Bonchev–Trinajstić information content (AvgIpc) is 2.75. The van der Waals surface area contributed by atoms with Gasteiger partial charge in [0, 0.05) is 25.5 Å². The maximum Gasteiger partial charge on any atom is 0.245 e. The van der Waals surface area contributed by atoms with Crippen molar-refractivity contribution < 1.29 is 18.6 Å². The van der Waals surface area contributed by atoms with E-state index < -0.39 is 22.2 Å². The lowest BCUT2D eigenvalue weighted by molar-refractivity contribution is -0.00229. The van der Waals surface area contributed by atoms with Crippen LogP contribution in [0.4, 0.5) is 0 Å². The fourth-order valence-electron chi connectivity index (χ4n) is 2.93. The lowest BCUT2D eigenvalue weighted by atomic mass is 9.96. The van der Waals surface area contributed by atoms with Gasteiger partial charge in [0.1, 0.15) is 10.5 Å². The summed E-state index contributed by atoms with van der Waals surface area (Å²) < 4.78 is 27.9. The summed E-state index contributed by atoms with van der Waals surface area (Å²) in [5.74, 6) is 0. The molecule has 0 radical (unpaired) electrons. The molecule has 0 saturated heterocycles. The average molecular weight is 413 g/mol. The van der Waals surface area contributed by atoms with Gasteiger partial charge in [-0.25, -0.2) is 8.42 Å². The van der Waals surface area contributed by atoms with Crippen LogP contribution in [0, 0.1) is 0 Å². The van der Waals surface area contributed by atoms with E-state index in [2.05, 4.69) is 4.98 Å². The van der Waals surface area contributed by atoms with Gasteiger partial charge in [-0.3, -0.25) is 4.98 Å². The molecule has 6 nitrogen and oxygen atoms in total. The molecular weight excluding hydrogens is 388 g/mol. The highest BCUT2D eigenvalue weighted by Gasteiger charge is 2.26. The number of sulfonamides is 1. The molecule has 2 N–H and O–H groups in total. The molecule has 1 heterocycles. The number of aliphatic hydroxyl groups is 2. The summed E-state index contributed by atoms with van der Waals surface area (Å²) in [4.78, 5) is 4.07. The van der Waals surface area contributed by atoms with E-state index in [0.717, 1.165) is 11.1 Å². The molecule has 1 aromatic heterocycles. The van der Waals surface area contributed by atoms with Gasteiger partial charge in [-0.2, -0.15) is 4.31 Å². The third-order valence-electron chi connectivity index (χ3n) is 4.72. The smallest absolute Gasteiger partial charge is 0.245 e. The molecule has 0 fully saturated rings. The highest BCUT2D eigenvalue weighted by Crippen LogP contribution is 2.23. The highest BCUT2D eigenvalue weighted by molar-refractivity contribution is 7.89. The summed E-state index contributed by atoms with van der Waals surface area (Å²) >= 11 is 0. The van der Waals surface area contributed by atoms with Gasteiger partial charge in [-0.15, -0.1) is 0 Å². The van der Waals surface area contributed by atoms with Gasteiger partial charge in [-0.1, -0.05) is 54.6 Å². The van der Waals surface area contributed by atoms with E-state index in [-0.39, 0.29) is 18.0 Å². The maximum absolute atomic E-state index is 13.2. The van der Waals surface area contributed by atoms with Crippen molar-refractivity contribution in [2.45, 2.75) is 30.5 Å². The van der Waals surface area contributed by atoms with Crippen LogP contribution < -0.4 is 0 Å². The molecule has 29 heavy (non-hydrogen) atoms. The van der Waals surface area contributed by atoms with E-state index in [1.54, 1.807) is 30.3 Å². The molecule has 0 aliphatic carbocycles. The van der Waals surface area contributed by atoms with Gasteiger partial charge < -0.3 is 10.2 Å². The minimum atomic E-state index is -3.76. The lowest BCUT2D eigenvalue weighted by Crippen LogP contribution is -2.30. The fraction of sp³-hybridized carbons (Fsp3) is 0.227. The van der Waals surface area contributed by atoms with Crippen LogP contribution in [0.25, 0.3) is 0 Å². The van der Waals surface area contributed by atoms with E-state index >= 15 is 0 Å². The minimum absolute atomic E-state index is 0.135. The molecule has 0 aliphatic rings. The van der Waals surface area contributed by atoms with Crippen molar-refractivity contribution >= 4 is 10.0 Å². The maximum atomic E-state index is 13.2. The normalized spacial score (nSPS) is 13.9. The number of aliphatic hydroxyl groups excluding tert-OH is 1. The van der Waals surface area contributed by atoms with Crippen LogP contribution in [-0.2, 0) is 28.7 Å². The summed E-state index contributed by atoms with van der Waals surface area (Å²) in [5.41, 5.74) is 0.864. The van der Waals surface area contributed by atoms with E-state index in [0.29, 0.717) is 5.56 Å². The molecular formula is C22H24N2O4S. The van der Waals surface area contributed by atoms with Crippen LogP contribution in [-0.4, -0.2) is 34.5 Å². The van der Waals surface area contributed by atoms with Crippen molar-refractivity contribution in [3.63, 3.8) is 0 Å². The topological polar surface area (TPSA) is 90.7 Å². The standard InChI is InChI=1S/C22H24N2O4S/c1-22(26,17-25)20-11-9-19(10-12-20)16-24(15-18-6-3-2-4-7-18)29(27,28)21-8-5-13-23-14-21/h2-14,25-26H,15-17H2,1H3. The van der Waals surface area contributed by atoms with Crippen molar-refractivity contribution in [3.8, 4) is 0 Å².